The maximum Gasteiger partial charge on any atom is 0.140 e. The number of fused-ring (bicyclic) bond motifs is 1. The summed E-state index contributed by atoms with van der Waals surface area (Å²) in [5, 5.41) is 3.24. The Kier molecular flexibility index (Phi) is 2.72. The topological polar surface area (TPSA) is 55.0 Å². The molecule has 2 N–H and O–H groups in total. The molecule has 2 aromatic heterocycles. The minimum Gasteiger partial charge on any atom is -0.356 e. The zero-order valence-electron chi connectivity index (χ0n) is 9.84. The van der Waals surface area contributed by atoms with E-state index in [9.17, 15) is 0 Å². The number of hydrogen-bond donors (Lipinski definition) is 1. The van der Waals surface area contributed by atoms with E-state index < -0.39 is 0 Å². The van der Waals surface area contributed by atoms with Crippen molar-refractivity contribution in [2.45, 2.75) is 19.4 Å². The van der Waals surface area contributed by atoms with E-state index in [4.69, 9.17) is 5.73 Å². The summed E-state index contributed by atoms with van der Waals surface area (Å²) in [6.45, 7) is 4.15. The molecular weight excluding hydrogens is 232 g/mol. The molecule has 90 valence electrons. The lowest BCUT2D eigenvalue weighted by Crippen LogP contribution is -2.30. The van der Waals surface area contributed by atoms with Gasteiger partial charge in [0.1, 0.15) is 17.0 Å². The van der Waals surface area contributed by atoms with Gasteiger partial charge >= 0.3 is 0 Å². The number of rotatable bonds is 2. The van der Waals surface area contributed by atoms with Gasteiger partial charge in [0.15, 0.2) is 0 Å². The molecule has 0 aliphatic carbocycles. The second-order valence-corrected chi connectivity index (χ2v) is 5.59. The van der Waals surface area contributed by atoms with E-state index in [0.29, 0.717) is 5.92 Å². The van der Waals surface area contributed by atoms with Gasteiger partial charge in [-0.05, 0) is 30.7 Å². The first-order valence-corrected chi connectivity index (χ1v) is 6.82. The van der Waals surface area contributed by atoms with E-state index in [1.54, 1.807) is 17.7 Å². The minimum absolute atomic E-state index is 0.264. The van der Waals surface area contributed by atoms with Crippen LogP contribution in [-0.2, 0) is 0 Å². The fourth-order valence-corrected chi connectivity index (χ4v) is 3.17. The first-order chi connectivity index (χ1) is 8.25. The fraction of sp³-hybridized carbons (Fsp3) is 0.500. The molecule has 1 aliphatic rings. The molecule has 0 saturated carbocycles. The Balaban J connectivity index is 1.92. The lowest BCUT2D eigenvalue weighted by Gasteiger charge is -2.19. The Labute approximate surface area is 104 Å². The second-order valence-electron chi connectivity index (χ2n) is 4.69. The molecular formula is C12H16N4S. The quantitative estimate of drug-likeness (QED) is 0.881. The van der Waals surface area contributed by atoms with Crippen LogP contribution in [-0.4, -0.2) is 29.1 Å². The van der Waals surface area contributed by atoms with E-state index >= 15 is 0 Å². The zero-order valence-corrected chi connectivity index (χ0v) is 10.7. The Hall–Kier alpha value is -1.20. The highest BCUT2D eigenvalue weighted by molar-refractivity contribution is 7.16. The molecule has 0 radical (unpaired) electrons. The van der Waals surface area contributed by atoms with Crippen LogP contribution in [0.1, 0.15) is 13.3 Å². The number of thiophene rings is 1. The van der Waals surface area contributed by atoms with Gasteiger partial charge in [-0.25, -0.2) is 9.97 Å². The van der Waals surface area contributed by atoms with Crippen molar-refractivity contribution in [3.8, 4) is 0 Å². The normalized spacial score (nSPS) is 22.2. The molecule has 5 heteroatoms. The number of anilines is 1. The summed E-state index contributed by atoms with van der Waals surface area (Å²) in [6.07, 6.45) is 2.82. The lowest BCUT2D eigenvalue weighted by atomic mass is 10.0. The summed E-state index contributed by atoms with van der Waals surface area (Å²) < 4.78 is 0. The molecule has 3 heterocycles. The number of hydrogen-bond acceptors (Lipinski definition) is 5. The fourth-order valence-electron chi connectivity index (χ4n) is 2.44. The second kappa shape index (κ2) is 4.23. The maximum atomic E-state index is 5.97. The summed E-state index contributed by atoms with van der Waals surface area (Å²) in [5.41, 5.74) is 5.97. The van der Waals surface area contributed by atoms with Crippen LogP contribution in [0.15, 0.2) is 17.8 Å². The van der Waals surface area contributed by atoms with E-state index in [1.165, 1.54) is 5.39 Å². The van der Waals surface area contributed by atoms with Gasteiger partial charge in [0.25, 0.3) is 0 Å². The predicted molar refractivity (Wildman–Crippen MR) is 71.4 cm³/mol. The monoisotopic (exact) mass is 248 g/mol. The average Bonchev–Trinajstić information content (AvgIpc) is 2.97. The van der Waals surface area contributed by atoms with Crippen LogP contribution >= 0.6 is 11.3 Å². The van der Waals surface area contributed by atoms with Crippen LogP contribution in [0.4, 0.5) is 5.82 Å². The van der Waals surface area contributed by atoms with Crippen molar-refractivity contribution in [1.82, 2.24) is 9.97 Å². The molecule has 2 unspecified atom stereocenters. The van der Waals surface area contributed by atoms with Crippen molar-refractivity contribution < 1.29 is 0 Å². The summed E-state index contributed by atoms with van der Waals surface area (Å²) in [5.74, 6) is 1.65. The molecule has 1 saturated heterocycles. The molecule has 0 aromatic carbocycles. The van der Waals surface area contributed by atoms with Crippen molar-refractivity contribution in [3.63, 3.8) is 0 Å². The Bertz CT molecular complexity index is 522. The molecule has 1 fully saturated rings. The summed E-state index contributed by atoms with van der Waals surface area (Å²) >= 11 is 1.66. The highest BCUT2D eigenvalue weighted by Gasteiger charge is 2.27. The zero-order chi connectivity index (χ0) is 11.8. The number of aromatic nitrogens is 2. The average molecular weight is 248 g/mol. The third kappa shape index (κ3) is 1.89. The molecule has 2 atom stereocenters. The first kappa shape index (κ1) is 10.9. The van der Waals surface area contributed by atoms with Gasteiger partial charge in [-0.1, -0.05) is 0 Å². The van der Waals surface area contributed by atoms with E-state index in [1.807, 2.05) is 0 Å². The van der Waals surface area contributed by atoms with Crippen LogP contribution in [0.3, 0.4) is 0 Å². The third-order valence-electron chi connectivity index (χ3n) is 3.51. The molecule has 1 aliphatic heterocycles. The van der Waals surface area contributed by atoms with Gasteiger partial charge in [-0.2, -0.15) is 0 Å². The van der Waals surface area contributed by atoms with Crippen LogP contribution in [0.25, 0.3) is 10.2 Å². The van der Waals surface area contributed by atoms with Crippen LogP contribution in [0.2, 0.25) is 0 Å². The molecule has 0 spiro atoms. The Morgan fingerprint density at radius 1 is 1.53 bits per heavy atom. The molecule has 17 heavy (non-hydrogen) atoms. The molecule has 3 rings (SSSR count). The van der Waals surface area contributed by atoms with Gasteiger partial charge in [0.05, 0.1) is 5.39 Å². The summed E-state index contributed by atoms with van der Waals surface area (Å²) in [7, 11) is 0. The first-order valence-electron chi connectivity index (χ1n) is 5.94. The van der Waals surface area contributed by atoms with Gasteiger partial charge in [-0.15, -0.1) is 11.3 Å². The van der Waals surface area contributed by atoms with E-state index in [0.717, 1.165) is 30.2 Å². The van der Waals surface area contributed by atoms with Gasteiger partial charge in [0.2, 0.25) is 0 Å². The van der Waals surface area contributed by atoms with E-state index in [-0.39, 0.29) is 6.04 Å². The highest BCUT2D eigenvalue weighted by atomic mass is 32.1. The van der Waals surface area contributed by atoms with Crippen molar-refractivity contribution in [1.29, 1.82) is 0 Å². The highest BCUT2D eigenvalue weighted by Crippen LogP contribution is 2.30. The van der Waals surface area contributed by atoms with Gasteiger partial charge in [0, 0.05) is 19.1 Å². The van der Waals surface area contributed by atoms with Crippen LogP contribution in [0.5, 0.6) is 0 Å². The lowest BCUT2D eigenvalue weighted by molar-refractivity contribution is 0.488. The van der Waals surface area contributed by atoms with Crippen molar-refractivity contribution in [2.24, 2.45) is 11.7 Å². The maximum absolute atomic E-state index is 5.97. The smallest absolute Gasteiger partial charge is 0.140 e. The van der Waals surface area contributed by atoms with Gasteiger partial charge in [-0.3, -0.25) is 0 Å². The van der Waals surface area contributed by atoms with Crippen molar-refractivity contribution in [2.75, 3.05) is 18.0 Å². The SMILES string of the molecule is CC(N)C1CCN(c2ncnc3sccc23)C1. The predicted octanol–water partition coefficient (Wildman–Crippen LogP) is 1.86. The molecule has 2 aromatic rings. The Morgan fingerprint density at radius 3 is 3.18 bits per heavy atom. The number of nitrogens with zero attached hydrogens (tertiary/aromatic N) is 3. The number of nitrogens with two attached hydrogens (primary N) is 1. The van der Waals surface area contributed by atoms with Crippen molar-refractivity contribution >= 4 is 27.4 Å². The molecule has 0 bridgehead atoms. The molecule has 0 amide bonds. The van der Waals surface area contributed by atoms with Crippen LogP contribution < -0.4 is 10.6 Å². The summed E-state index contributed by atoms with van der Waals surface area (Å²) in [4.78, 5) is 12.1. The minimum atomic E-state index is 0.264. The standard InChI is InChI=1S/C12H16N4S/c1-8(13)9-2-4-16(6-9)11-10-3-5-17-12(10)15-7-14-11/h3,5,7-9H,2,4,6,13H2,1H3. The van der Waals surface area contributed by atoms with E-state index in [2.05, 4.69) is 33.2 Å². The third-order valence-corrected chi connectivity index (χ3v) is 4.33. The van der Waals surface area contributed by atoms with Crippen LogP contribution in [0, 0.1) is 5.92 Å². The van der Waals surface area contributed by atoms with Crippen molar-refractivity contribution in [3.05, 3.63) is 17.8 Å². The summed E-state index contributed by atoms with van der Waals surface area (Å²) in [6, 6.07) is 2.37. The Morgan fingerprint density at radius 2 is 2.41 bits per heavy atom. The largest absolute Gasteiger partial charge is 0.356 e. The van der Waals surface area contributed by atoms with Gasteiger partial charge < -0.3 is 10.6 Å². The molecule has 4 nitrogen and oxygen atoms in total.